The maximum atomic E-state index is 12.5. The standard InChI is InChI=1S/C17H16F3N3O2S/c1-26-14-8-6-13(7-9-14)23-16(25)21-10-15(24)22-12-4-2-11(3-5-12)17(18,19)20/h2-9H,10H2,1H3,(H,22,24)(H2,21,23,25). The third kappa shape index (κ3) is 5.99. The molecule has 2 aromatic rings. The summed E-state index contributed by atoms with van der Waals surface area (Å²) < 4.78 is 37.4. The molecule has 2 aromatic carbocycles. The molecule has 138 valence electrons. The first-order chi connectivity index (χ1) is 12.3. The lowest BCUT2D eigenvalue weighted by Crippen LogP contribution is -2.35. The van der Waals surface area contributed by atoms with Crippen LogP contribution in [0.4, 0.5) is 29.3 Å². The highest BCUT2D eigenvalue weighted by molar-refractivity contribution is 7.98. The molecule has 2 rings (SSSR count). The molecule has 3 N–H and O–H groups in total. The largest absolute Gasteiger partial charge is 0.416 e. The smallest absolute Gasteiger partial charge is 0.329 e. The van der Waals surface area contributed by atoms with Crippen molar-refractivity contribution in [2.45, 2.75) is 11.1 Å². The van der Waals surface area contributed by atoms with Crippen LogP contribution in [0.25, 0.3) is 0 Å². The highest BCUT2D eigenvalue weighted by Gasteiger charge is 2.29. The molecule has 9 heteroatoms. The third-order valence-corrected chi connectivity index (χ3v) is 4.00. The van der Waals surface area contributed by atoms with Crippen LogP contribution >= 0.6 is 11.8 Å². The average molecular weight is 383 g/mol. The Kier molecular flexibility index (Phi) is 6.51. The molecule has 0 fully saturated rings. The Balaban J connectivity index is 1.79. The number of hydrogen-bond acceptors (Lipinski definition) is 3. The number of nitrogens with one attached hydrogen (secondary N) is 3. The molecule has 3 amide bonds. The lowest BCUT2D eigenvalue weighted by molar-refractivity contribution is -0.137. The van der Waals surface area contributed by atoms with Gasteiger partial charge in [0.25, 0.3) is 0 Å². The van der Waals surface area contributed by atoms with Crippen LogP contribution in [0, 0.1) is 0 Å². The lowest BCUT2D eigenvalue weighted by Gasteiger charge is -2.10. The van der Waals surface area contributed by atoms with E-state index in [1.165, 1.54) is 0 Å². The van der Waals surface area contributed by atoms with Crippen molar-refractivity contribution < 1.29 is 22.8 Å². The van der Waals surface area contributed by atoms with Crippen molar-refractivity contribution in [1.82, 2.24) is 5.32 Å². The summed E-state index contributed by atoms with van der Waals surface area (Å²) in [5.41, 5.74) is -0.0261. The summed E-state index contributed by atoms with van der Waals surface area (Å²) in [5.74, 6) is -0.558. The summed E-state index contributed by atoms with van der Waals surface area (Å²) in [6.07, 6.45) is -2.50. The molecule has 5 nitrogen and oxygen atoms in total. The minimum atomic E-state index is -4.43. The molecule has 0 bridgehead atoms. The number of rotatable bonds is 5. The number of carbonyl (C=O) groups excluding carboxylic acids is 2. The number of hydrogen-bond donors (Lipinski definition) is 3. The van der Waals surface area contributed by atoms with E-state index in [0.717, 1.165) is 29.2 Å². The van der Waals surface area contributed by atoms with Gasteiger partial charge < -0.3 is 16.0 Å². The SMILES string of the molecule is CSc1ccc(NC(=O)NCC(=O)Nc2ccc(C(F)(F)F)cc2)cc1. The zero-order valence-corrected chi connectivity index (χ0v) is 14.5. The Morgan fingerprint density at radius 2 is 1.46 bits per heavy atom. The molecule has 0 aliphatic carbocycles. The molecule has 0 radical (unpaired) electrons. The van der Waals surface area contributed by atoms with Crippen molar-refractivity contribution in [3.63, 3.8) is 0 Å². The molecule has 0 spiro atoms. The van der Waals surface area contributed by atoms with Crippen molar-refractivity contribution >= 4 is 35.1 Å². The number of alkyl halides is 3. The van der Waals surface area contributed by atoms with Gasteiger partial charge in [-0.2, -0.15) is 13.2 Å². The van der Waals surface area contributed by atoms with Crippen molar-refractivity contribution in [2.75, 3.05) is 23.4 Å². The maximum absolute atomic E-state index is 12.5. The van der Waals surface area contributed by atoms with Crippen LogP contribution < -0.4 is 16.0 Å². The predicted molar refractivity (Wildman–Crippen MR) is 95.3 cm³/mol. The predicted octanol–water partition coefficient (Wildman–Crippen LogP) is 4.19. The highest BCUT2D eigenvalue weighted by Crippen LogP contribution is 2.29. The second-order valence-electron chi connectivity index (χ2n) is 5.16. The van der Waals surface area contributed by atoms with Gasteiger partial charge in [0.2, 0.25) is 5.91 Å². The molecule has 0 unspecified atom stereocenters. The molecule has 0 aliphatic heterocycles. The summed E-state index contributed by atoms with van der Waals surface area (Å²) in [7, 11) is 0. The topological polar surface area (TPSA) is 70.2 Å². The van der Waals surface area contributed by atoms with E-state index < -0.39 is 23.7 Å². The van der Waals surface area contributed by atoms with E-state index in [0.29, 0.717) is 5.69 Å². The van der Waals surface area contributed by atoms with E-state index in [-0.39, 0.29) is 12.2 Å². The monoisotopic (exact) mass is 383 g/mol. The maximum Gasteiger partial charge on any atom is 0.416 e. The van der Waals surface area contributed by atoms with E-state index in [9.17, 15) is 22.8 Å². The summed E-state index contributed by atoms with van der Waals surface area (Å²) in [5, 5.41) is 7.34. The van der Waals surface area contributed by atoms with Gasteiger partial charge in [-0.15, -0.1) is 11.8 Å². The molecular formula is C17H16F3N3O2S. The van der Waals surface area contributed by atoms with Crippen LogP contribution in [0.1, 0.15) is 5.56 Å². The highest BCUT2D eigenvalue weighted by atomic mass is 32.2. The Hall–Kier alpha value is -2.68. The first-order valence-electron chi connectivity index (χ1n) is 7.44. The number of benzene rings is 2. The molecule has 0 atom stereocenters. The van der Waals surface area contributed by atoms with E-state index in [1.807, 2.05) is 18.4 Å². The first kappa shape index (κ1) is 19.6. The van der Waals surface area contributed by atoms with Crippen molar-refractivity contribution in [1.29, 1.82) is 0 Å². The van der Waals surface area contributed by atoms with Crippen LogP contribution in [-0.2, 0) is 11.0 Å². The van der Waals surface area contributed by atoms with Gasteiger partial charge in [0, 0.05) is 16.3 Å². The summed E-state index contributed by atoms with van der Waals surface area (Å²) in [6.45, 7) is -0.324. The second-order valence-corrected chi connectivity index (χ2v) is 6.04. The quantitative estimate of drug-likeness (QED) is 0.678. The normalized spacial score (nSPS) is 10.9. The van der Waals surface area contributed by atoms with Gasteiger partial charge in [0.05, 0.1) is 12.1 Å². The molecule has 0 saturated heterocycles. The van der Waals surface area contributed by atoms with Gasteiger partial charge in [-0.3, -0.25) is 4.79 Å². The molecule has 0 aliphatic rings. The zero-order valence-electron chi connectivity index (χ0n) is 13.7. The Labute approximate surface area is 152 Å². The average Bonchev–Trinajstić information content (AvgIpc) is 2.60. The van der Waals surface area contributed by atoms with E-state index in [1.54, 1.807) is 23.9 Å². The fourth-order valence-corrected chi connectivity index (χ4v) is 2.37. The van der Waals surface area contributed by atoms with Gasteiger partial charge in [0.15, 0.2) is 0 Å². The minimum absolute atomic E-state index is 0.206. The fraction of sp³-hybridized carbons (Fsp3) is 0.176. The fourth-order valence-electron chi connectivity index (χ4n) is 1.96. The summed E-state index contributed by atoms with van der Waals surface area (Å²) >= 11 is 1.57. The van der Waals surface area contributed by atoms with Gasteiger partial charge in [-0.25, -0.2) is 4.79 Å². The van der Waals surface area contributed by atoms with E-state index in [2.05, 4.69) is 16.0 Å². The molecule has 0 saturated carbocycles. The number of thioether (sulfide) groups is 1. The van der Waals surface area contributed by atoms with Crippen molar-refractivity contribution in [2.24, 2.45) is 0 Å². The molecule has 0 aromatic heterocycles. The number of urea groups is 1. The number of amides is 3. The van der Waals surface area contributed by atoms with Crippen LogP contribution in [0.3, 0.4) is 0 Å². The molecule has 0 heterocycles. The van der Waals surface area contributed by atoms with Gasteiger partial charge >= 0.3 is 12.2 Å². The number of halogens is 3. The lowest BCUT2D eigenvalue weighted by atomic mass is 10.2. The van der Waals surface area contributed by atoms with Gasteiger partial charge in [-0.1, -0.05) is 0 Å². The second kappa shape index (κ2) is 8.61. The molecular weight excluding hydrogens is 367 g/mol. The van der Waals surface area contributed by atoms with Crippen LogP contribution in [0.5, 0.6) is 0 Å². The van der Waals surface area contributed by atoms with Crippen molar-refractivity contribution in [3.05, 3.63) is 54.1 Å². The van der Waals surface area contributed by atoms with Crippen LogP contribution in [-0.4, -0.2) is 24.7 Å². The Morgan fingerprint density at radius 1 is 0.923 bits per heavy atom. The van der Waals surface area contributed by atoms with Gasteiger partial charge in [-0.05, 0) is 54.8 Å². The van der Waals surface area contributed by atoms with Crippen LogP contribution in [0.15, 0.2) is 53.4 Å². The number of anilines is 2. The first-order valence-corrected chi connectivity index (χ1v) is 8.66. The van der Waals surface area contributed by atoms with Crippen LogP contribution in [0.2, 0.25) is 0 Å². The molecule has 26 heavy (non-hydrogen) atoms. The Bertz CT molecular complexity index is 762. The van der Waals surface area contributed by atoms with Gasteiger partial charge in [0.1, 0.15) is 0 Å². The number of carbonyl (C=O) groups is 2. The summed E-state index contributed by atoms with van der Waals surface area (Å²) in [4.78, 5) is 24.6. The third-order valence-electron chi connectivity index (χ3n) is 3.25. The van der Waals surface area contributed by atoms with E-state index in [4.69, 9.17) is 0 Å². The van der Waals surface area contributed by atoms with E-state index >= 15 is 0 Å². The summed E-state index contributed by atoms with van der Waals surface area (Å²) in [6, 6.07) is 10.6. The minimum Gasteiger partial charge on any atom is -0.329 e. The Morgan fingerprint density at radius 3 is 2.00 bits per heavy atom. The zero-order chi connectivity index (χ0) is 19.2. The van der Waals surface area contributed by atoms with Crippen molar-refractivity contribution in [3.8, 4) is 0 Å².